The number of hydrogen-bond acceptors (Lipinski definition) is 3. The van der Waals surface area contributed by atoms with Gasteiger partial charge in [-0.05, 0) is 29.0 Å². The molecule has 0 amide bonds. The summed E-state index contributed by atoms with van der Waals surface area (Å²) >= 11 is 0. The summed E-state index contributed by atoms with van der Waals surface area (Å²) in [4.78, 5) is 2.46. The molecule has 1 saturated heterocycles. The molecule has 0 aliphatic carbocycles. The van der Waals surface area contributed by atoms with E-state index in [1.165, 1.54) is 16.7 Å². The largest absolute Gasteiger partial charge is 0.323 e. The van der Waals surface area contributed by atoms with Gasteiger partial charge in [-0.3, -0.25) is 4.90 Å². The van der Waals surface area contributed by atoms with Crippen molar-refractivity contribution in [2.75, 3.05) is 32.7 Å². The molecule has 3 heteroatoms. The van der Waals surface area contributed by atoms with Gasteiger partial charge < -0.3 is 11.1 Å². The molecule has 0 bridgehead atoms. The van der Waals surface area contributed by atoms with Crippen molar-refractivity contribution in [3.8, 4) is 0 Å². The molecule has 1 heterocycles. The van der Waals surface area contributed by atoms with Crippen molar-refractivity contribution >= 4 is 0 Å². The molecule has 1 aromatic rings. The number of piperazine rings is 1. The van der Waals surface area contributed by atoms with E-state index >= 15 is 0 Å². The molecule has 20 heavy (non-hydrogen) atoms. The van der Waals surface area contributed by atoms with Crippen molar-refractivity contribution in [1.29, 1.82) is 0 Å². The molecule has 0 radical (unpaired) electrons. The minimum absolute atomic E-state index is 0.107. The van der Waals surface area contributed by atoms with Crippen molar-refractivity contribution in [2.45, 2.75) is 39.2 Å². The van der Waals surface area contributed by atoms with Crippen molar-refractivity contribution in [1.82, 2.24) is 10.2 Å². The van der Waals surface area contributed by atoms with Crippen LogP contribution in [0.5, 0.6) is 0 Å². The Bertz CT molecular complexity index is 442. The Balaban J connectivity index is 2.13. The Labute approximate surface area is 123 Å². The van der Waals surface area contributed by atoms with E-state index in [4.69, 9.17) is 5.73 Å². The molecular weight excluding hydrogens is 246 g/mol. The molecule has 112 valence electrons. The van der Waals surface area contributed by atoms with E-state index in [0.717, 1.165) is 32.7 Å². The van der Waals surface area contributed by atoms with Gasteiger partial charge in [-0.25, -0.2) is 0 Å². The van der Waals surface area contributed by atoms with Gasteiger partial charge >= 0.3 is 0 Å². The topological polar surface area (TPSA) is 41.3 Å². The fraction of sp³-hybridized carbons (Fsp3) is 0.647. The molecule has 0 saturated carbocycles. The second-order valence-corrected chi connectivity index (χ2v) is 6.98. The number of hydrogen-bond donors (Lipinski definition) is 2. The van der Waals surface area contributed by atoms with E-state index in [9.17, 15) is 0 Å². The van der Waals surface area contributed by atoms with Gasteiger partial charge in [0.25, 0.3) is 0 Å². The molecule has 3 N–H and O–H groups in total. The maximum Gasteiger partial charge on any atom is 0.0427 e. The molecule has 1 aromatic carbocycles. The van der Waals surface area contributed by atoms with E-state index in [2.05, 4.69) is 56.1 Å². The molecule has 0 spiro atoms. The van der Waals surface area contributed by atoms with Gasteiger partial charge in [0, 0.05) is 38.8 Å². The van der Waals surface area contributed by atoms with Gasteiger partial charge in [-0.1, -0.05) is 39.0 Å². The minimum atomic E-state index is 0.107. The first-order valence-corrected chi connectivity index (χ1v) is 7.67. The number of nitrogens with two attached hydrogens (primary N) is 1. The monoisotopic (exact) mass is 275 g/mol. The summed E-state index contributed by atoms with van der Waals surface area (Å²) in [7, 11) is 0. The van der Waals surface area contributed by atoms with Gasteiger partial charge in [0.1, 0.15) is 0 Å². The van der Waals surface area contributed by atoms with Gasteiger partial charge in [-0.15, -0.1) is 0 Å². The molecule has 2 rings (SSSR count). The van der Waals surface area contributed by atoms with Crippen LogP contribution in [0, 0.1) is 6.92 Å². The van der Waals surface area contributed by atoms with E-state index < -0.39 is 0 Å². The molecule has 1 unspecified atom stereocenters. The fourth-order valence-corrected chi connectivity index (χ4v) is 2.78. The predicted molar refractivity (Wildman–Crippen MR) is 86.1 cm³/mol. The summed E-state index contributed by atoms with van der Waals surface area (Å²) in [5.74, 6) is 0. The van der Waals surface area contributed by atoms with E-state index in [1.54, 1.807) is 0 Å². The molecule has 0 aromatic heterocycles. The lowest BCUT2D eigenvalue weighted by atomic mass is 9.84. The van der Waals surface area contributed by atoms with Crippen LogP contribution < -0.4 is 11.1 Å². The van der Waals surface area contributed by atoms with Gasteiger partial charge in [0.15, 0.2) is 0 Å². The Kier molecular flexibility index (Phi) is 4.84. The zero-order valence-corrected chi connectivity index (χ0v) is 13.4. The van der Waals surface area contributed by atoms with Gasteiger partial charge in [0.2, 0.25) is 0 Å². The zero-order valence-electron chi connectivity index (χ0n) is 13.4. The molecule has 1 aliphatic rings. The second kappa shape index (κ2) is 6.25. The van der Waals surface area contributed by atoms with Crippen molar-refractivity contribution < 1.29 is 0 Å². The van der Waals surface area contributed by atoms with Crippen molar-refractivity contribution in [3.63, 3.8) is 0 Å². The Hall–Kier alpha value is -0.900. The predicted octanol–water partition coefficient (Wildman–Crippen LogP) is 2.20. The SMILES string of the molecule is Cc1ccc(C(C)(C)C)cc1C(N)CN1CCNCC1. The highest BCUT2D eigenvalue weighted by Gasteiger charge is 2.19. The lowest BCUT2D eigenvalue weighted by Crippen LogP contribution is -2.46. The van der Waals surface area contributed by atoms with Crippen LogP contribution in [0.1, 0.15) is 43.5 Å². The fourth-order valence-electron chi connectivity index (χ4n) is 2.78. The zero-order chi connectivity index (χ0) is 14.8. The molecular formula is C17H29N3. The van der Waals surface area contributed by atoms with Crippen LogP contribution in [0.15, 0.2) is 18.2 Å². The van der Waals surface area contributed by atoms with E-state index in [0.29, 0.717) is 0 Å². The summed E-state index contributed by atoms with van der Waals surface area (Å²) in [6.07, 6.45) is 0. The maximum absolute atomic E-state index is 6.48. The van der Waals surface area contributed by atoms with Crippen LogP contribution in [-0.2, 0) is 5.41 Å². The molecule has 3 nitrogen and oxygen atoms in total. The van der Waals surface area contributed by atoms with Gasteiger partial charge in [0.05, 0.1) is 0 Å². The highest BCUT2D eigenvalue weighted by Crippen LogP contribution is 2.27. The first kappa shape index (κ1) is 15.5. The van der Waals surface area contributed by atoms with Crippen LogP contribution in [0.4, 0.5) is 0 Å². The second-order valence-electron chi connectivity index (χ2n) is 6.98. The molecule has 1 fully saturated rings. The number of benzene rings is 1. The average Bonchev–Trinajstić information content (AvgIpc) is 2.39. The first-order valence-electron chi connectivity index (χ1n) is 7.67. The van der Waals surface area contributed by atoms with E-state index in [-0.39, 0.29) is 11.5 Å². The number of rotatable bonds is 3. The Morgan fingerprint density at radius 1 is 1.25 bits per heavy atom. The van der Waals surface area contributed by atoms with E-state index in [1.807, 2.05) is 0 Å². The standard InChI is InChI=1S/C17H29N3/c1-13-5-6-14(17(2,3)4)11-15(13)16(18)12-20-9-7-19-8-10-20/h5-6,11,16,19H,7-10,12,18H2,1-4H3. The molecule has 1 aliphatic heterocycles. The first-order chi connectivity index (χ1) is 9.38. The van der Waals surface area contributed by atoms with Crippen LogP contribution in [0.3, 0.4) is 0 Å². The summed E-state index contributed by atoms with van der Waals surface area (Å²) in [5, 5.41) is 3.39. The Morgan fingerprint density at radius 2 is 1.90 bits per heavy atom. The number of aryl methyl sites for hydroxylation is 1. The lowest BCUT2D eigenvalue weighted by Gasteiger charge is -2.30. The van der Waals surface area contributed by atoms with Crippen LogP contribution in [-0.4, -0.2) is 37.6 Å². The van der Waals surface area contributed by atoms with Crippen LogP contribution in [0.25, 0.3) is 0 Å². The Morgan fingerprint density at radius 3 is 2.50 bits per heavy atom. The summed E-state index contributed by atoms with van der Waals surface area (Å²) in [5.41, 5.74) is 10.6. The van der Waals surface area contributed by atoms with Gasteiger partial charge in [-0.2, -0.15) is 0 Å². The highest BCUT2D eigenvalue weighted by atomic mass is 15.2. The normalized spacial score (nSPS) is 19.1. The van der Waals surface area contributed by atoms with Crippen LogP contribution >= 0.6 is 0 Å². The number of nitrogens with zero attached hydrogens (tertiary/aromatic N) is 1. The molecule has 1 atom stereocenters. The summed E-state index contributed by atoms with van der Waals surface area (Å²) in [6.45, 7) is 14.2. The number of nitrogens with one attached hydrogen (secondary N) is 1. The summed E-state index contributed by atoms with van der Waals surface area (Å²) < 4.78 is 0. The lowest BCUT2D eigenvalue weighted by molar-refractivity contribution is 0.228. The third kappa shape index (κ3) is 3.81. The highest BCUT2D eigenvalue weighted by molar-refractivity contribution is 5.36. The van der Waals surface area contributed by atoms with Crippen LogP contribution in [0.2, 0.25) is 0 Å². The smallest absolute Gasteiger partial charge is 0.0427 e. The average molecular weight is 275 g/mol. The van der Waals surface area contributed by atoms with Crippen molar-refractivity contribution in [2.24, 2.45) is 5.73 Å². The maximum atomic E-state index is 6.48. The van der Waals surface area contributed by atoms with Crippen molar-refractivity contribution in [3.05, 3.63) is 34.9 Å². The minimum Gasteiger partial charge on any atom is -0.323 e. The third-order valence-electron chi connectivity index (χ3n) is 4.21. The third-order valence-corrected chi connectivity index (χ3v) is 4.21. The summed E-state index contributed by atoms with van der Waals surface area (Å²) in [6, 6.07) is 6.86. The quantitative estimate of drug-likeness (QED) is 0.888.